The van der Waals surface area contributed by atoms with Crippen LogP contribution in [0.1, 0.15) is 69.9 Å². The molecule has 0 spiro atoms. The van der Waals surface area contributed by atoms with Crippen LogP contribution in [0.3, 0.4) is 0 Å². The first-order valence-electron chi connectivity index (χ1n) is 11.6. The Hall–Kier alpha value is -2.24. The van der Waals surface area contributed by atoms with Crippen LogP contribution in [0.5, 0.6) is 11.5 Å². The van der Waals surface area contributed by atoms with Gasteiger partial charge in [-0.05, 0) is 56.2 Å². The average molecular weight is 415 g/mol. The van der Waals surface area contributed by atoms with E-state index in [4.69, 9.17) is 9.47 Å². The van der Waals surface area contributed by atoms with E-state index in [1.54, 1.807) is 0 Å². The quantitative estimate of drug-likeness (QED) is 0.795. The maximum atomic E-state index is 12.7. The van der Waals surface area contributed by atoms with E-state index in [2.05, 4.69) is 5.32 Å². The summed E-state index contributed by atoms with van der Waals surface area (Å²) in [5.74, 6) is 2.53. The minimum absolute atomic E-state index is 0.0782. The molecule has 1 saturated heterocycles. The van der Waals surface area contributed by atoms with Crippen LogP contribution in [-0.2, 0) is 9.59 Å². The molecule has 6 nitrogen and oxygen atoms in total. The van der Waals surface area contributed by atoms with E-state index < -0.39 is 0 Å². The Labute approximate surface area is 179 Å². The third-order valence-electron chi connectivity index (χ3n) is 6.80. The number of carbonyl (C=O) groups is 2. The SMILES string of the molecule is CC(NC(=O)CC1CCN(C(=O)C2CCCCC2)CC1)c1ccc2c(c1)OCCO2. The molecule has 2 fully saturated rings. The molecule has 1 aliphatic carbocycles. The fraction of sp³-hybridized carbons (Fsp3) is 0.667. The Morgan fingerprint density at radius 3 is 2.47 bits per heavy atom. The molecule has 1 atom stereocenters. The van der Waals surface area contributed by atoms with Gasteiger partial charge in [0.15, 0.2) is 11.5 Å². The Morgan fingerprint density at radius 2 is 1.73 bits per heavy atom. The van der Waals surface area contributed by atoms with Crippen molar-refractivity contribution >= 4 is 11.8 Å². The fourth-order valence-corrected chi connectivity index (χ4v) is 4.94. The van der Waals surface area contributed by atoms with Crippen molar-refractivity contribution in [2.75, 3.05) is 26.3 Å². The number of piperidine rings is 1. The lowest BCUT2D eigenvalue weighted by Gasteiger charge is -2.35. The molecule has 4 rings (SSSR count). The van der Waals surface area contributed by atoms with Gasteiger partial charge in [0.2, 0.25) is 11.8 Å². The minimum atomic E-state index is -0.0821. The second-order valence-electron chi connectivity index (χ2n) is 9.00. The lowest BCUT2D eigenvalue weighted by Crippen LogP contribution is -2.43. The molecule has 0 aromatic heterocycles. The number of likely N-dealkylation sites (tertiary alicyclic amines) is 1. The van der Waals surface area contributed by atoms with E-state index in [0.717, 1.165) is 55.8 Å². The summed E-state index contributed by atoms with van der Waals surface area (Å²) < 4.78 is 11.2. The highest BCUT2D eigenvalue weighted by atomic mass is 16.6. The maximum Gasteiger partial charge on any atom is 0.225 e. The highest BCUT2D eigenvalue weighted by molar-refractivity contribution is 5.79. The molecule has 2 amide bonds. The van der Waals surface area contributed by atoms with E-state index in [9.17, 15) is 9.59 Å². The van der Waals surface area contributed by atoms with Crippen molar-refractivity contribution < 1.29 is 19.1 Å². The van der Waals surface area contributed by atoms with Gasteiger partial charge in [0.05, 0.1) is 6.04 Å². The third-order valence-corrected chi connectivity index (χ3v) is 6.80. The molecular formula is C24H34N2O4. The predicted molar refractivity (Wildman–Crippen MR) is 114 cm³/mol. The van der Waals surface area contributed by atoms with Gasteiger partial charge in [-0.1, -0.05) is 25.3 Å². The van der Waals surface area contributed by atoms with Gasteiger partial charge in [0, 0.05) is 25.4 Å². The molecule has 3 aliphatic rings. The second kappa shape index (κ2) is 9.71. The van der Waals surface area contributed by atoms with E-state index >= 15 is 0 Å². The number of ether oxygens (including phenoxy) is 2. The number of hydrogen-bond acceptors (Lipinski definition) is 4. The number of amides is 2. The van der Waals surface area contributed by atoms with E-state index in [0.29, 0.717) is 31.5 Å². The van der Waals surface area contributed by atoms with Gasteiger partial charge in [0.1, 0.15) is 13.2 Å². The topological polar surface area (TPSA) is 67.9 Å². The van der Waals surface area contributed by atoms with Crippen LogP contribution in [0.15, 0.2) is 18.2 Å². The standard InChI is InChI=1S/C24H34N2O4/c1-17(20-7-8-21-22(16-20)30-14-13-29-21)25-23(27)15-18-9-11-26(12-10-18)24(28)19-5-3-2-4-6-19/h7-8,16-19H,2-6,9-15H2,1H3,(H,25,27). The first-order chi connectivity index (χ1) is 14.6. The predicted octanol–water partition coefficient (Wildman–Crippen LogP) is 3.84. The zero-order chi connectivity index (χ0) is 20.9. The van der Waals surface area contributed by atoms with Crippen LogP contribution in [-0.4, -0.2) is 43.0 Å². The van der Waals surface area contributed by atoms with Crippen LogP contribution < -0.4 is 14.8 Å². The summed E-state index contributed by atoms with van der Waals surface area (Å²) in [6.45, 7) is 4.72. The number of hydrogen-bond donors (Lipinski definition) is 1. The van der Waals surface area contributed by atoms with Crippen LogP contribution in [0.2, 0.25) is 0 Å². The third kappa shape index (κ3) is 5.08. The maximum absolute atomic E-state index is 12.7. The number of benzene rings is 1. The highest BCUT2D eigenvalue weighted by Crippen LogP contribution is 2.33. The van der Waals surface area contributed by atoms with E-state index in [1.807, 2.05) is 30.0 Å². The van der Waals surface area contributed by atoms with Crippen LogP contribution in [0.25, 0.3) is 0 Å². The van der Waals surface area contributed by atoms with Crippen molar-refractivity contribution in [3.63, 3.8) is 0 Å². The first kappa shape index (κ1) is 21.0. The van der Waals surface area contributed by atoms with Gasteiger partial charge in [-0.25, -0.2) is 0 Å². The molecule has 2 aliphatic heterocycles. The Balaban J connectivity index is 1.22. The number of nitrogens with zero attached hydrogens (tertiary/aromatic N) is 1. The second-order valence-corrected chi connectivity index (χ2v) is 9.00. The molecule has 1 saturated carbocycles. The zero-order valence-electron chi connectivity index (χ0n) is 18.0. The van der Waals surface area contributed by atoms with Crippen LogP contribution in [0.4, 0.5) is 0 Å². The molecule has 1 aromatic rings. The Morgan fingerprint density at radius 1 is 1.03 bits per heavy atom. The number of fused-ring (bicyclic) bond motifs is 1. The van der Waals surface area contributed by atoms with Gasteiger partial charge in [-0.15, -0.1) is 0 Å². The molecule has 0 radical (unpaired) electrons. The van der Waals surface area contributed by atoms with Crippen LogP contribution in [0, 0.1) is 11.8 Å². The molecule has 1 aromatic carbocycles. The monoisotopic (exact) mass is 414 g/mol. The molecule has 1 N–H and O–H groups in total. The van der Waals surface area contributed by atoms with E-state index in [1.165, 1.54) is 19.3 Å². The van der Waals surface area contributed by atoms with Crippen molar-refractivity contribution in [3.8, 4) is 11.5 Å². The number of nitrogens with one attached hydrogen (secondary N) is 1. The van der Waals surface area contributed by atoms with Crippen molar-refractivity contribution in [1.82, 2.24) is 10.2 Å². The molecular weight excluding hydrogens is 380 g/mol. The zero-order valence-corrected chi connectivity index (χ0v) is 18.0. The summed E-state index contributed by atoms with van der Waals surface area (Å²) in [5.41, 5.74) is 1.01. The Kier molecular flexibility index (Phi) is 6.80. The fourth-order valence-electron chi connectivity index (χ4n) is 4.94. The molecule has 164 valence electrons. The van der Waals surface area contributed by atoms with Gasteiger partial charge in [-0.3, -0.25) is 9.59 Å². The van der Waals surface area contributed by atoms with Crippen LogP contribution >= 0.6 is 0 Å². The Bertz CT molecular complexity index is 752. The molecule has 6 heteroatoms. The smallest absolute Gasteiger partial charge is 0.225 e. The summed E-state index contributed by atoms with van der Waals surface area (Å²) in [5, 5.41) is 3.12. The van der Waals surface area contributed by atoms with Crippen molar-refractivity contribution in [2.24, 2.45) is 11.8 Å². The lowest BCUT2D eigenvalue weighted by molar-refractivity contribution is -0.138. The highest BCUT2D eigenvalue weighted by Gasteiger charge is 2.30. The van der Waals surface area contributed by atoms with Gasteiger partial charge < -0.3 is 19.7 Å². The summed E-state index contributed by atoms with van der Waals surface area (Å²) in [7, 11) is 0. The van der Waals surface area contributed by atoms with Crippen molar-refractivity contribution in [1.29, 1.82) is 0 Å². The van der Waals surface area contributed by atoms with Crippen molar-refractivity contribution in [3.05, 3.63) is 23.8 Å². The molecule has 2 heterocycles. The molecule has 1 unspecified atom stereocenters. The van der Waals surface area contributed by atoms with Gasteiger partial charge in [-0.2, -0.15) is 0 Å². The van der Waals surface area contributed by atoms with Gasteiger partial charge >= 0.3 is 0 Å². The number of rotatable bonds is 5. The average Bonchev–Trinajstić information content (AvgIpc) is 2.79. The minimum Gasteiger partial charge on any atom is -0.486 e. The normalized spacial score (nSPS) is 21.2. The molecule has 0 bridgehead atoms. The summed E-state index contributed by atoms with van der Waals surface area (Å²) in [4.78, 5) is 27.4. The van der Waals surface area contributed by atoms with Gasteiger partial charge in [0.25, 0.3) is 0 Å². The van der Waals surface area contributed by atoms with Crippen molar-refractivity contribution in [2.45, 2.75) is 64.3 Å². The molecule has 30 heavy (non-hydrogen) atoms. The first-order valence-corrected chi connectivity index (χ1v) is 11.6. The summed E-state index contributed by atoms with van der Waals surface area (Å²) in [6, 6.07) is 5.76. The largest absolute Gasteiger partial charge is 0.486 e. The summed E-state index contributed by atoms with van der Waals surface area (Å²) >= 11 is 0. The number of carbonyl (C=O) groups excluding carboxylic acids is 2. The lowest BCUT2D eigenvalue weighted by atomic mass is 9.86. The summed E-state index contributed by atoms with van der Waals surface area (Å²) in [6.07, 6.45) is 8.13. The van der Waals surface area contributed by atoms with E-state index in [-0.39, 0.29) is 17.9 Å².